The van der Waals surface area contributed by atoms with Gasteiger partial charge in [-0.15, -0.1) is 0 Å². The van der Waals surface area contributed by atoms with E-state index >= 15 is 0 Å². The zero-order valence-electron chi connectivity index (χ0n) is 36.2. The van der Waals surface area contributed by atoms with Crippen LogP contribution >= 0.6 is 0 Å². The molecule has 0 saturated heterocycles. The molecule has 3 nitrogen and oxygen atoms in total. The molecule has 10 aromatic rings. The van der Waals surface area contributed by atoms with E-state index in [1.165, 1.54) is 111 Å². The standard InChI is InChI=1S/C58H45BN2O/c1-56(2,3)32-20-22-33(23-21-32)61-50-29-43-36-16-10-13-19-52(36)62-53(43)30-42(50)37-24-25-38-41-26-46-40(35-15-9-12-18-45(35)57(46,4)5)28-49(41)60-51-31-47-39(27-48(51)59(61)54(37)55(38)60)34-14-8-11-17-44(34)58(47,6)7/h8-31H,1-7H3. The molecule has 2 aromatic heterocycles. The minimum Gasteiger partial charge on any atom is -0.456 e. The molecule has 0 N–H and O–H groups in total. The molecule has 4 heteroatoms. The molecule has 4 aliphatic rings. The van der Waals surface area contributed by atoms with Gasteiger partial charge in [0.2, 0.25) is 0 Å². The first-order chi connectivity index (χ1) is 29.9. The van der Waals surface area contributed by atoms with Crippen LogP contribution in [0.2, 0.25) is 0 Å². The first-order valence-corrected chi connectivity index (χ1v) is 22.3. The van der Waals surface area contributed by atoms with Crippen molar-refractivity contribution in [2.24, 2.45) is 0 Å². The Morgan fingerprint density at radius 2 is 1.15 bits per heavy atom. The Kier molecular flexibility index (Phi) is 6.29. The molecule has 0 spiro atoms. The van der Waals surface area contributed by atoms with E-state index in [1.54, 1.807) is 0 Å². The predicted molar refractivity (Wildman–Crippen MR) is 261 cm³/mol. The largest absolute Gasteiger partial charge is 0.456 e. The van der Waals surface area contributed by atoms with Crippen molar-refractivity contribution in [2.45, 2.75) is 64.7 Å². The molecule has 2 aliphatic heterocycles. The van der Waals surface area contributed by atoms with E-state index in [1.807, 2.05) is 0 Å². The number of aromatic nitrogens is 1. The number of hydrogen-bond acceptors (Lipinski definition) is 2. The molecule has 2 aliphatic carbocycles. The van der Waals surface area contributed by atoms with Crippen LogP contribution in [0.25, 0.3) is 82.8 Å². The van der Waals surface area contributed by atoms with E-state index < -0.39 is 0 Å². The fourth-order valence-electron chi connectivity index (χ4n) is 12.4. The summed E-state index contributed by atoms with van der Waals surface area (Å²) in [6.45, 7) is 16.4. The molecule has 0 atom stereocenters. The minimum absolute atomic E-state index is 0.0352. The summed E-state index contributed by atoms with van der Waals surface area (Å²) in [6, 6.07) is 55.9. The lowest BCUT2D eigenvalue weighted by molar-refractivity contribution is 0.590. The highest BCUT2D eigenvalue weighted by molar-refractivity contribution is 6.93. The number of para-hydroxylation sites is 1. The second-order valence-corrected chi connectivity index (χ2v) is 20.5. The van der Waals surface area contributed by atoms with Crippen molar-refractivity contribution in [2.75, 3.05) is 4.81 Å². The summed E-state index contributed by atoms with van der Waals surface area (Å²) >= 11 is 0. The Labute approximate surface area is 362 Å². The minimum atomic E-state index is -0.148. The molecule has 0 saturated carbocycles. The Balaban J connectivity index is 1.16. The zero-order chi connectivity index (χ0) is 41.8. The second kappa shape index (κ2) is 11.2. The normalized spacial score (nSPS) is 15.9. The lowest BCUT2D eigenvalue weighted by Gasteiger charge is -2.42. The average Bonchev–Trinajstić information content (AvgIpc) is 3.94. The Hall–Kier alpha value is -6.78. The molecule has 14 rings (SSSR count). The molecule has 0 bridgehead atoms. The van der Waals surface area contributed by atoms with Crippen LogP contribution in [0.5, 0.6) is 0 Å². The molecule has 0 unspecified atom stereocenters. The molecule has 0 fully saturated rings. The highest BCUT2D eigenvalue weighted by atomic mass is 16.3. The Morgan fingerprint density at radius 1 is 0.484 bits per heavy atom. The maximum Gasteiger partial charge on any atom is 0.333 e. The van der Waals surface area contributed by atoms with E-state index in [-0.39, 0.29) is 23.1 Å². The number of anilines is 2. The van der Waals surface area contributed by atoms with E-state index in [0.29, 0.717) is 0 Å². The number of nitrogens with zero attached hydrogens (tertiary/aromatic N) is 2. The number of rotatable bonds is 1. The maximum absolute atomic E-state index is 6.66. The van der Waals surface area contributed by atoms with Crippen LogP contribution in [0.3, 0.4) is 0 Å². The average molecular weight is 797 g/mol. The smallest absolute Gasteiger partial charge is 0.333 e. The van der Waals surface area contributed by atoms with Gasteiger partial charge in [0.1, 0.15) is 11.2 Å². The monoisotopic (exact) mass is 796 g/mol. The van der Waals surface area contributed by atoms with Gasteiger partial charge in [-0.3, -0.25) is 0 Å². The summed E-state index contributed by atoms with van der Waals surface area (Å²) in [5.41, 5.74) is 25.4. The summed E-state index contributed by atoms with van der Waals surface area (Å²) in [6.07, 6.45) is 0. The van der Waals surface area contributed by atoms with Crippen LogP contribution in [0.4, 0.5) is 11.4 Å². The fourth-order valence-corrected chi connectivity index (χ4v) is 12.4. The van der Waals surface area contributed by atoms with Gasteiger partial charge in [-0.25, -0.2) is 0 Å². The van der Waals surface area contributed by atoms with Crippen molar-refractivity contribution in [1.29, 1.82) is 0 Å². The molecule has 0 radical (unpaired) electrons. The van der Waals surface area contributed by atoms with Gasteiger partial charge in [-0.2, -0.15) is 0 Å². The van der Waals surface area contributed by atoms with Gasteiger partial charge in [0.05, 0.1) is 11.0 Å². The van der Waals surface area contributed by atoms with Crippen molar-refractivity contribution >= 4 is 72.9 Å². The van der Waals surface area contributed by atoms with Crippen molar-refractivity contribution in [3.8, 4) is 39.1 Å². The molecule has 8 aromatic carbocycles. The first kappa shape index (κ1) is 34.9. The SMILES string of the molecule is CC(C)(C)c1ccc(N2B3c4cc5c(cc4-n4c6cc7c(cc6c6ccc(c3c64)-c3cc4oc6ccccc6c4cc32)C(C)(C)c2ccccc2-7)C(C)(C)c2ccccc2-5)cc1. The van der Waals surface area contributed by atoms with Crippen LogP contribution < -0.4 is 15.7 Å². The van der Waals surface area contributed by atoms with E-state index in [9.17, 15) is 0 Å². The molecule has 4 heterocycles. The Bertz CT molecular complexity index is 3680. The summed E-state index contributed by atoms with van der Waals surface area (Å²) in [4.78, 5) is 2.67. The summed E-state index contributed by atoms with van der Waals surface area (Å²) in [7, 11) is 0. The van der Waals surface area contributed by atoms with E-state index in [4.69, 9.17) is 4.42 Å². The van der Waals surface area contributed by atoms with Crippen LogP contribution in [0.1, 0.15) is 76.3 Å². The van der Waals surface area contributed by atoms with Crippen LogP contribution in [-0.4, -0.2) is 11.4 Å². The predicted octanol–water partition coefficient (Wildman–Crippen LogP) is 13.8. The summed E-state index contributed by atoms with van der Waals surface area (Å²) in [5, 5.41) is 4.92. The van der Waals surface area contributed by atoms with Gasteiger partial charge in [0, 0.05) is 55.0 Å². The molecule has 0 amide bonds. The van der Waals surface area contributed by atoms with Crippen molar-refractivity contribution in [3.05, 3.63) is 173 Å². The van der Waals surface area contributed by atoms with Gasteiger partial charge < -0.3 is 13.8 Å². The number of fused-ring (bicyclic) bond motifs is 17. The Morgan fingerprint density at radius 3 is 1.87 bits per heavy atom. The molecular weight excluding hydrogens is 751 g/mol. The molecule has 296 valence electrons. The van der Waals surface area contributed by atoms with E-state index in [2.05, 4.69) is 203 Å². The van der Waals surface area contributed by atoms with Gasteiger partial charge in [-0.1, -0.05) is 146 Å². The van der Waals surface area contributed by atoms with Gasteiger partial charge in [0.25, 0.3) is 0 Å². The quantitative estimate of drug-likeness (QED) is 0.154. The number of hydrogen-bond donors (Lipinski definition) is 0. The molecule has 62 heavy (non-hydrogen) atoms. The first-order valence-electron chi connectivity index (χ1n) is 22.3. The third-order valence-electron chi connectivity index (χ3n) is 15.5. The van der Waals surface area contributed by atoms with Gasteiger partial charge in [-0.05, 0) is 121 Å². The molecular formula is C58H45BN2O. The zero-order valence-corrected chi connectivity index (χ0v) is 36.2. The lowest BCUT2D eigenvalue weighted by Crippen LogP contribution is -2.60. The maximum atomic E-state index is 6.66. The number of benzene rings is 8. The third-order valence-corrected chi connectivity index (χ3v) is 15.5. The lowest BCUT2D eigenvalue weighted by atomic mass is 9.43. The number of furan rings is 1. The summed E-state index contributed by atoms with van der Waals surface area (Å²) in [5.74, 6) is 0. The van der Waals surface area contributed by atoms with Crippen molar-refractivity contribution in [3.63, 3.8) is 0 Å². The third kappa shape index (κ3) is 4.14. The highest BCUT2D eigenvalue weighted by Crippen LogP contribution is 2.54. The van der Waals surface area contributed by atoms with Crippen LogP contribution in [0, 0.1) is 0 Å². The van der Waals surface area contributed by atoms with Crippen LogP contribution in [-0.2, 0) is 16.2 Å². The van der Waals surface area contributed by atoms with Gasteiger partial charge >= 0.3 is 6.85 Å². The van der Waals surface area contributed by atoms with Gasteiger partial charge in [0.15, 0.2) is 0 Å². The van der Waals surface area contributed by atoms with E-state index in [0.717, 1.165) is 21.9 Å². The van der Waals surface area contributed by atoms with Crippen molar-refractivity contribution in [1.82, 2.24) is 4.57 Å². The summed E-state index contributed by atoms with van der Waals surface area (Å²) < 4.78 is 9.32. The topological polar surface area (TPSA) is 21.3 Å². The second-order valence-electron chi connectivity index (χ2n) is 20.5. The fraction of sp³-hybridized carbons (Fsp3) is 0.172. The highest BCUT2D eigenvalue weighted by Gasteiger charge is 2.47. The van der Waals surface area contributed by atoms with Crippen molar-refractivity contribution < 1.29 is 4.42 Å². The van der Waals surface area contributed by atoms with Crippen LogP contribution in [0.15, 0.2) is 150 Å².